The molecule has 6 nitrogen and oxygen atoms in total. The van der Waals surface area contributed by atoms with E-state index in [0.717, 1.165) is 40.2 Å². The summed E-state index contributed by atoms with van der Waals surface area (Å²) in [6, 6.07) is 7.80. The van der Waals surface area contributed by atoms with E-state index in [0.29, 0.717) is 10.8 Å². The monoisotopic (exact) mass is 424 g/mol. The first-order chi connectivity index (χ1) is 12.9. The van der Waals surface area contributed by atoms with Gasteiger partial charge in [0.2, 0.25) is 5.88 Å². The first-order valence-corrected chi connectivity index (χ1v) is 9.51. The van der Waals surface area contributed by atoms with E-state index in [2.05, 4.69) is 4.90 Å². The molecule has 0 N–H and O–H groups in total. The molecule has 2 aliphatic heterocycles. The van der Waals surface area contributed by atoms with Gasteiger partial charge in [0.25, 0.3) is 5.91 Å². The van der Waals surface area contributed by atoms with E-state index in [-0.39, 0.29) is 33.9 Å². The molecule has 1 aromatic rings. The number of hydrogen-bond donors (Lipinski definition) is 0. The Kier molecular flexibility index (Phi) is 7.91. The van der Waals surface area contributed by atoms with Gasteiger partial charge in [0.1, 0.15) is 4.32 Å². The Labute approximate surface area is 195 Å². The quantitative estimate of drug-likeness (QED) is 0.348. The number of hydrogen-bond acceptors (Lipinski definition) is 7. The Morgan fingerprint density at radius 2 is 2.04 bits per heavy atom. The van der Waals surface area contributed by atoms with Crippen LogP contribution in [0.15, 0.2) is 58.9 Å². The molecule has 0 aliphatic carbocycles. The summed E-state index contributed by atoms with van der Waals surface area (Å²) in [5.41, 5.74) is 1.83. The SMILES string of the molecule is CCN1\C(=C/C=C(C)/C=C2\SC(=S)N(CC(=O)[O-])C2=O)Oc2ccccc21.[Na+]. The van der Waals surface area contributed by atoms with Crippen molar-refractivity contribution in [3.63, 3.8) is 0 Å². The number of nitrogens with zero attached hydrogens (tertiary/aromatic N) is 2. The minimum absolute atomic E-state index is 0. The van der Waals surface area contributed by atoms with Gasteiger partial charge in [0, 0.05) is 6.54 Å². The van der Waals surface area contributed by atoms with Gasteiger partial charge in [-0.15, -0.1) is 0 Å². The zero-order valence-electron chi connectivity index (χ0n) is 15.8. The van der Waals surface area contributed by atoms with Gasteiger partial charge in [-0.25, -0.2) is 0 Å². The fourth-order valence-corrected chi connectivity index (χ4v) is 4.03. The number of benzene rings is 1. The van der Waals surface area contributed by atoms with Crippen molar-refractivity contribution in [2.75, 3.05) is 18.0 Å². The molecule has 1 fully saturated rings. The van der Waals surface area contributed by atoms with Crippen molar-refractivity contribution in [1.82, 2.24) is 4.90 Å². The number of carboxylic acids is 1. The van der Waals surface area contributed by atoms with Crippen molar-refractivity contribution in [1.29, 1.82) is 0 Å². The molecule has 0 radical (unpaired) electrons. The Morgan fingerprint density at radius 1 is 1.32 bits per heavy atom. The van der Waals surface area contributed by atoms with Crippen LogP contribution in [0.4, 0.5) is 5.69 Å². The van der Waals surface area contributed by atoms with Crippen LogP contribution in [0.1, 0.15) is 13.8 Å². The summed E-state index contributed by atoms with van der Waals surface area (Å²) in [7, 11) is 0. The van der Waals surface area contributed by atoms with Gasteiger partial charge < -0.3 is 19.5 Å². The first kappa shape index (κ1) is 22.7. The van der Waals surface area contributed by atoms with Crippen LogP contribution in [0.25, 0.3) is 0 Å². The van der Waals surface area contributed by atoms with E-state index in [1.54, 1.807) is 6.08 Å². The topological polar surface area (TPSA) is 72.9 Å². The van der Waals surface area contributed by atoms with Gasteiger partial charge in [-0.2, -0.15) is 0 Å². The number of rotatable bonds is 5. The maximum atomic E-state index is 12.3. The summed E-state index contributed by atoms with van der Waals surface area (Å²) in [6.45, 7) is 4.11. The van der Waals surface area contributed by atoms with Crippen molar-refractivity contribution in [2.45, 2.75) is 13.8 Å². The third-order valence-corrected chi connectivity index (χ3v) is 5.34. The summed E-state index contributed by atoms with van der Waals surface area (Å²) >= 11 is 6.15. The van der Waals surface area contributed by atoms with E-state index in [1.807, 2.05) is 50.3 Å². The number of ether oxygens (including phenoxy) is 1. The molecule has 0 bridgehead atoms. The number of carbonyl (C=O) groups excluding carboxylic acids is 2. The predicted molar refractivity (Wildman–Crippen MR) is 107 cm³/mol. The molecule has 2 heterocycles. The summed E-state index contributed by atoms with van der Waals surface area (Å²) in [5, 5.41) is 10.7. The van der Waals surface area contributed by atoms with Gasteiger partial charge in [-0.05, 0) is 43.7 Å². The number of carboxylic acid groups (broad SMARTS) is 1. The molecule has 1 amide bonds. The first-order valence-electron chi connectivity index (χ1n) is 8.29. The molecule has 140 valence electrons. The fourth-order valence-electron chi connectivity index (χ4n) is 2.73. The van der Waals surface area contributed by atoms with E-state index >= 15 is 0 Å². The van der Waals surface area contributed by atoms with Gasteiger partial charge in [0.05, 0.1) is 23.1 Å². The number of allylic oxidation sites excluding steroid dienone is 4. The van der Waals surface area contributed by atoms with Crippen LogP contribution in [-0.2, 0) is 9.59 Å². The van der Waals surface area contributed by atoms with E-state index in [9.17, 15) is 14.7 Å². The van der Waals surface area contributed by atoms with Gasteiger partial charge in [0.15, 0.2) is 5.75 Å². The Hall–Kier alpha value is -1.58. The molecule has 0 saturated carbocycles. The van der Waals surface area contributed by atoms with Crippen molar-refractivity contribution in [3.05, 3.63) is 58.9 Å². The van der Waals surface area contributed by atoms with Crippen LogP contribution in [0.3, 0.4) is 0 Å². The molecule has 0 spiro atoms. The molecule has 0 unspecified atom stereocenters. The van der Waals surface area contributed by atoms with Crippen LogP contribution >= 0.6 is 24.0 Å². The zero-order chi connectivity index (χ0) is 19.6. The minimum atomic E-state index is -1.35. The third-order valence-electron chi connectivity index (χ3n) is 3.96. The Morgan fingerprint density at radius 3 is 2.71 bits per heavy atom. The number of thioether (sulfide) groups is 1. The van der Waals surface area contributed by atoms with Crippen LogP contribution < -0.4 is 44.3 Å². The van der Waals surface area contributed by atoms with E-state index < -0.39 is 18.4 Å². The number of para-hydroxylation sites is 2. The Bertz CT molecular complexity index is 911. The van der Waals surface area contributed by atoms with Crippen LogP contribution in [0.2, 0.25) is 0 Å². The van der Waals surface area contributed by atoms with Gasteiger partial charge in [-0.3, -0.25) is 9.69 Å². The summed E-state index contributed by atoms with van der Waals surface area (Å²) in [5.74, 6) is -0.257. The van der Waals surface area contributed by atoms with Crippen LogP contribution in [0, 0.1) is 0 Å². The normalized spacial score (nSPS) is 19.1. The molecule has 0 atom stereocenters. The average molecular weight is 424 g/mol. The number of amides is 1. The van der Waals surface area contributed by atoms with E-state index in [4.69, 9.17) is 17.0 Å². The summed E-state index contributed by atoms with van der Waals surface area (Å²) in [4.78, 5) is 26.5. The van der Waals surface area contributed by atoms with Gasteiger partial charge in [-0.1, -0.05) is 42.2 Å². The standard InChI is InChI=1S/C19H18N2O4S2.Na/c1-3-20-13-6-4-5-7-14(13)25-16(20)9-8-12(2)10-15-18(24)21(11-17(22)23)19(26)27-15;/h4-10H,3,11H2,1-2H3,(H,22,23);/q;+1/p-1/b12-8+,15-10-,16-9+;. The van der Waals surface area contributed by atoms with Crippen molar-refractivity contribution in [3.8, 4) is 5.75 Å². The van der Waals surface area contributed by atoms with Crippen molar-refractivity contribution in [2.24, 2.45) is 0 Å². The number of aliphatic carboxylic acids is 1. The smallest absolute Gasteiger partial charge is 0.548 e. The third kappa shape index (κ3) is 4.87. The maximum Gasteiger partial charge on any atom is 1.00 e. The molecule has 3 rings (SSSR count). The molecule has 1 aromatic carbocycles. The fraction of sp³-hybridized carbons (Fsp3) is 0.211. The van der Waals surface area contributed by atoms with Crippen LogP contribution in [-0.4, -0.2) is 34.2 Å². The van der Waals surface area contributed by atoms with Crippen molar-refractivity contribution < 1.29 is 49.0 Å². The number of carbonyl (C=O) groups is 2. The predicted octanol–water partition coefficient (Wildman–Crippen LogP) is -0.809. The number of thiocarbonyl (C=S) groups is 1. The average Bonchev–Trinajstić information content (AvgIpc) is 3.11. The second-order valence-electron chi connectivity index (χ2n) is 5.87. The molecule has 2 aliphatic rings. The number of anilines is 1. The molecule has 28 heavy (non-hydrogen) atoms. The molecule has 0 aromatic heterocycles. The van der Waals surface area contributed by atoms with Crippen molar-refractivity contribution >= 4 is 45.9 Å². The van der Waals surface area contributed by atoms with E-state index in [1.165, 1.54) is 0 Å². The molecular weight excluding hydrogens is 407 g/mol. The zero-order valence-corrected chi connectivity index (χ0v) is 19.4. The second kappa shape index (κ2) is 9.76. The molecule has 9 heteroatoms. The Balaban J connectivity index is 0.00000280. The number of fused-ring (bicyclic) bond motifs is 1. The molecule has 1 saturated heterocycles. The largest absolute Gasteiger partial charge is 1.00 e. The summed E-state index contributed by atoms with van der Waals surface area (Å²) in [6.07, 6.45) is 5.37. The summed E-state index contributed by atoms with van der Waals surface area (Å²) < 4.78 is 6.09. The van der Waals surface area contributed by atoms with Crippen LogP contribution in [0.5, 0.6) is 5.75 Å². The van der Waals surface area contributed by atoms with Gasteiger partial charge >= 0.3 is 29.6 Å². The second-order valence-corrected chi connectivity index (χ2v) is 7.55. The maximum absolute atomic E-state index is 12.3. The molecular formula is C19H17N2NaO4S2. The minimum Gasteiger partial charge on any atom is -0.548 e.